The Balaban J connectivity index is 2.04. The number of piperidine rings is 1. The molecule has 0 spiro atoms. The van der Waals surface area contributed by atoms with E-state index in [-0.39, 0.29) is 46.0 Å². The Hall–Kier alpha value is -2.48. The summed E-state index contributed by atoms with van der Waals surface area (Å²) in [4.78, 5) is 25.8. The highest BCUT2D eigenvalue weighted by Crippen LogP contribution is 2.51. The fourth-order valence-electron chi connectivity index (χ4n) is 3.56. The lowest BCUT2D eigenvalue weighted by molar-refractivity contribution is -0.144. The van der Waals surface area contributed by atoms with Crippen molar-refractivity contribution in [2.75, 3.05) is 4.90 Å². The van der Waals surface area contributed by atoms with E-state index in [2.05, 4.69) is 15.9 Å². The van der Waals surface area contributed by atoms with Crippen molar-refractivity contribution in [3.63, 3.8) is 0 Å². The van der Waals surface area contributed by atoms with Gasteiger partial charge in [0.05, 0.1) is 22.1 Å². The average molecular weight is 424 g/mol. The summed E-state index contributed by atoms with van der Waals surface area (Å²) >= 11 is 3.07. The lowest BCUT2D eigenvalue weighted by atomic mass is 9.83. The molecule has 26 heavy (non-hydrogen) atoms. The Bertz CT molecular complexity index is 949. The van der Waals surface area contributed by atoms with Crippen LogP contribution in [0.3, 0.4) is 0 Å². The van der Waals surface area contributed by atoms with Gasteiger partial charge in [-0.25, -0.2) is 8.78 Å². The molecule has 1 amide bonds. The van der Waals surface area contributed by atoms with Gasteiger partial charge in [0, 0.05) is 18.1 Å². The number of anilines is 1. The summed E-state index contributed by atoms with van der Waals surface area (Å²) in [5.74, 6) is -3.94. The Morgan fingerprint density at radius 1 is 1.27 bits per heavy atom. The molecule has 0 aliphatic carbocycles. The molecule has 0 aromatic heterocycles. The molecule has 0 bridgehead atoms. The first-order valence-electron chi connectivity index (χ1n) is 7.88. The first-order chi connectivity index (χ1) is 12.4. The third-order valence-electron chi connectivity index (χ3n) is 4.70. The molecule has 2 aromatic carbocycles. The fourth-order valence-corrected chi connectivity index (χ4v) is 3.89. The third-order valence-corrected chi connectivity index (χ3v) is 5.31. The third kappa shape index (κ3) is 2.47. The maximum atomic E-state index is 14.4. The predicted octanol–water partition coefficient (Wildman–Crippen LogP) is 4.40. The second-order valence-corrected chi connectivity index (χ2v) is 7.04. The minimum absolute atomic E-state index is 0.0204. The molecule has 0 saturated carbocycles. The number of ether oxygens (including phenoxy) is 1. The molecule has 4 rings (SSSR count). The highest BCUT2D eigenvalue weighted by molar-refractivity contribution is 9.10. The van der Waals surface area contributed by atoms with Crippen LogP contribution in [0, 0.1) is 17.6 Å². The highest BCUT2D eigenvalue weighted by Gasteiger charge is 2.45. The molecule has 2 heterocycles. The number of halogens is 3. The van der Waals surface area contributed by atoms with E-state index >= 15 is 0 Å². The second kappa shape index (κ2) is 6.05. The van der Waals surface area contributed by atoms with Crippen molar-refractivity contribution >= 4 is 33.5 Å². The van der Waals surface area contributed by atoms with Crippen LogP contribution in [0.2, 0.25) is 0 Å². The van der Waals surface area contributed by atoms with E-state index in [0.717, 1.165) is 6.07 Å². The zero-order valence-corrected chi connectivity index (χ0v) is 14.8. The van der Waals surface area contributed by atoms with Gasteiger partial charge in [-0.15, -0.1) is 0 Å². The first kappa shape index (κ1) is 17.0. The van der Waals surface area contributed by atoms with Gasteiger partial charge in [-0.1, -0.05) is 12.1 Å². The zero-order valence-electron chi connectivity index (χ0n) is 13.2. The van der Waals surface area contributed by atoms with Crippen LogP contribution in [-0.4, -0.2) is 17.0 Å². The largest absolute Gasteiger partial charge is 0.481 e. The van der Waals surface area contributed by atoms with Crippen LogP contribution >= 0.6 is 15.9 Å². The summed E-state index contributed by atoms with van der Waals surface area (Å²) in [6, 6.07) is 5.59. The van der Waals surface area contributed by atoms with Gasteiger partial charge in [-0.3, -0.25) is 9.59 Å². The molecular weight excluding hydrogens is 412 g/mol. The molecule has 2 aliphatic rings. The van der Waals surface area contributed by atoms with E-state index in [1.165, 1.54) is 29.2 Å². The molecule has 2 aliphatic heterocycles. The predicted molar refractivity (Wildman–Crippen MR) is 91.2 cm³/mol. The number of carboxylic acids is 1. The smallest absolute Gasteiger partial charge is 0.308 e. The Morgan fingerprint density at radius 2 is 2.04 bits per heavy atom. The van der Waals surface area contributed by atoms with Crippen LogP contribution in [-0.2, 0) is 9.59 Å². The van der Waals surface area contributed by atoms with E-state index in [9.17, 15) is 23.5 Å². The number of amides is 1. The normalized spacial score (nSPS) is 21.2. The van der Waals surface area contributed by atoms with Crippen LogP contribution in [0.5, 0.6) is 11.5 Å². The van der Waals surface area contributed by atoms with Gasteiger partial charge >= 0.3 is 5.97 Å². The van der Waals surface area contributed by atoms with Crippen molar-refractivity contribution in [3.8, 4) is 11.5 Å². The van der Waals surface area contributed by atoms with Crippen LogP contribution in [0.4, 0.5) is 14.5 Å². The zero-order chi connectivity index (χ0) is 18.6. The summed E-state index contributed by atoms with van der Waals surface area (Å²) in [5, 5.41) is 9.66. The minimum atomic E-state index is -1.09. The van der Waals surface area contributed by atoms with E-state index in [1.54, 1.807) is 0 Å². The number of carbonyl (C=O) groups excluding carboxylic acids is 1. The molecule has 2 atom stereocenters. The standard InChI is InChI=1S/C18H12BrF2NO4/c19-10-6-13-14(7-12(10)21)26-17-8(2-1-3-11(17)20)16-9(18(24)25)4-5-15(23)22(13)16/h1-3,6-7,9,16H,4-5H2,(H,24,25). The lowest BCUT2D eigenvalue weighted by Crippen LogP contribution is -2.45. The van der Waals surface area contributed by atoms with Crippen LogP contribution in [0.15, 0.2) is 34.8 Å². The van der Waals surface area contributed by atoms with Gasteiger partial charge in [0.25, 0.3) is 0 Å². The van der Waals surface area contributed by atoms with E-state index in [1.807, 2.05) is 0 Å². The molecule has 134 valence electrons. The lowest BCUT2D eigenvalue weighted by Gasteiger charge is -2.38. The number of carbonyl (C=O) groups is 2. The topological polar surface area (TPSA) is 66.8 Å². The van der Waals surface area contributed by atoms with Crippen LogP contribution < -0.4 is 9.64 Å². The summed E-state index contributed by atoms with van der Waals surface area (Å²) in [6.07, 6.45) is 0.148. The number of hydrogen-bond donors (Lipinski definition) is 1. The summed E-state index contributed by atoms with van der Waals surface area (Å²) < 4.78 is 34.2. The SMILES string of the molecule is O=C(O)C1CCC(=O)N2c3cc(Br)c(F)cc3Oc3c(F)cccc3C12. The van der Waals surface area contributed by atoms with Gasteiger partial charge in [-0.05, 0) is 34.5 Å². The molecule has 0 radical (unpaired) electrons. The van der Waals surface area contributed by atoms with Gasteiger partial charge in [-0.2, -0.15) is 0 Å². The van der Waals surface area contributed by atoms with Gasteiger partial charge in [0.1, 0.15) is 5.82 Å². The molecule has 8 heteroatoms. The molecular formula is C18H12BrF2NO4. The number of aliphatic carboxylic acids is 1. The molecule has 2 aromatic rings. The van der Waals surface area contributed by atoms with Crippen molar-refractivity contribution in [2.24, 2.45) is 5.92 Å². The Labute approximate surface area is 155 Å². The molecule has 1 saturated heterocycles. The maximum absolute atomic E-state index is 14.4. The van der Waals surface area contributed by atoms with Gasteiger partial charge < -0.3 is 14.7 Å². The van der Waals surface area contributed by atoms with Crippen molar-refractivity contribution in [1.29, 1.82) is 0 Å². The molecule has 5 nitrogen and oxygen atoms in total. The average Bonchev–Trinajstić information content (AvgIpc) is 2.72. The van der Waals surface area contributed by atoms with Gasteiger partial charge in [0.15, 0.2) is 17.3 Å². The van der Waals surface area contributed by atoms with E-state index < -0.39 is 29.6 Å². The minimum Gasteiger partial charge on any atom is -0.481 e. The molecule has 1 N–H and O–H groups in total. The number of rotatable bonds is 1. The Morgan fingerprint density at radius 3 is 2.77 bits per heavy atom. The van der Waals surface area contributed by atoms with E-state index in [0.29, 0.717) is 0 Å². The van der Waals surface area contributed by atoms with Crippen molar-refractivity contribution < 1.29 is 28.2 Å². The van der Waals surface area contributed by atoms with E-state index in [4.69, 9.17) is 4.74 Å². The molecule has 1 fully saturated rings. The fraction of sp³-hybridized carbons (Fsp3) is 0.222. The van der Waals surface area contributed by atoms with Gasteiger partial charge in [0.2, 0.25) is 5.91 Å². The number of fused-ring (bicyclic) bond motifs is 5. The summed E-state index contributed by atoms with van der Waals surface area (Å²) in [6.45, 7) is 0. The second-order valence-electron chi connectivity index (χ2n) is 6.19. The summed E-state index contributed by atoms with van der Waals surface area (Å²) in [5.41, 5.74) is 0.452. The number of carboxylic acid groups (broad SMARTS) is 1. The summed E-state index contributed by atoms with van der Waals surface area (Å²) in [7, 11) is 0. The number of para-hydroxylation sites is 1. The Kier molecular flexibility index (Phi) is 3.95. The highest BCUT2D eigenvalue weighted by atomic mass is 79.9. The van der Waals surface area contributed by atoms with Crippen molar-refractivity contribution in [2.45, 2.75) is 18.9 Å². The van der Waals surface area contributed by atoms with Crippen LogP contribution in [0.1, 0.15) is 24.4 Å². The number of nitrogens with zero attached hydrogens (tertiary/aromatic N) is 1. The van der Waals surface area contributed by atoms with Crippen LogP contribution in [0.25, 0.3) is 0 Å². The number of benzene rings is 2. The monoisotopic (exact) mass is 423 g/mol. The maximum Gasteiger partial charge on any atom is 0.308 e. The van der Waals surface area contributed by atoms with Crippen molar-refractivity contribution in [1.82, 2.24) is 0 Å². The van der Waals surface area contributed by atoms with Crippen molar-refractivity contribution in [3.05, 3.63) is 52.0 Å². The first-order valence-corrected chi connectivity index (χ1v) is 8.68. The number of hydrogen-bond acceptors (Lipinski definition) is 3. The molecule has 2 unspecified atom stereocenters. The quantitative estimate of drug-likeness (QED) is 0.737.